The number of benzene rings is 1. The Kier molecular flexibility index (Phi) is 6.59. The molecule has 5 nitrogen and oxygen atoms in total. The van der Waals surface area contributed by atoms with Gasteiger partial charge in [0.25, 0.3) is 0 Å². The lowest BCUT2D eigenvalue weighted by atomic mass is 9.87. The molecule has 6 heteroatoms. The number of carbonyl (C=O) groups excluding carboxylic acids is 2. The summed E-state index contributed by atoms with van der Waals surface area (Å²) in [7, 11) is 0. The Morgan fingerprint density at radius 3 is 2.39 bits per heavy atom. The first kappa shape index (κ1) is 19.5. The third-order valence-corrected chi connectivity index (χ3v) is 4.00. The van der Waals surface area contributed by atoms with Crippen LogP contribution >= 0.6 is 12.4 Å². The van der Waals surface area contributed by atoms with Gasteiger partial charge < -0.3 is 16.0 Å². The molecule has 0 bridgehead atoms. The largest absolute Gasteiger partial charge is 0.351 e. The molecule has 1 saturated heterocycles. The van der Waals surface area contributed by atoms with Gasteiger partial charge in [-0.3, -0.25) is 9.59 Å². The lowest BCUT2D eigenvalue weighted by molar-refractivity contribution is -0.124. The van der Waals surface area contributed by atoms with Gasteiger partial charge in [0.2, 0.25) is 11.8 Å². The summed E-state index contributed by atoms with van der Waals surface area (Å²) in [6, 6.07) is 7.19. The second kappa shape index (κ2) is 7.79. The minimum absolute atomic E-state index is 0. The van der Waals surface area contributed by atoms with Crippen molar-refractivity contribution in [3.8, 4) is 0 Å². The number of nitrogens with zero attached hydrogens (tertiary/aromatic N) is 1. The molecule has 3 N–H and O–H groups in total. The van der Waals surface area contributed by atoms with Crippen molar-refractivity contribution in [2.75, 3.05) is 11.4 Å². The van der Waals surface area contributed by atoms with Crippen LogP contribution in [0.3, 0.4) is 0 Å². The van der Waals surface area contributed by atoms with Gasteiger partial charge in [-0.1, -0.05) is 32.9 Å². The van der Waals surface area contributed by atoms with E-state index in [1.807, 2.05) is 45.0 Å². The topological polar surface area (TPSA) is 75.4 Å². The fourth-order valence-electron chi connectivity index (χ4n) is 2.41. The summed E-state index contributed by atoms with van der Waals surface area (Å²) in [5, 5.41) is 2.86. The maximum Gasteiger partial charge on any atom is 0.237 e. The highest BCUT2D eigenvalue weighted by molar-refractivity contribution is 5.95. The molecule has 1 aromatic rings. The van der Waals surface area contributed by atoms with Crippen molar-refractivity contribution in [1.29, 1.82) is 0 Å². The second-order valence-electron chi connectivity index (χ2n) is 6.88. The molecule has 1 aliphatic rings. The van der Waals surface area contributed by atoms with E-state index >= 15 is 0 Å². The van der Waals surface area contributed by atoms with Gasteiger partial charge in [0.15, 0.2) is 0 Å². The summed E-state index contributed by atoms with van der Waals surface area (Å²) in [6.45, 7) is 7.06. The number of nitrogens with one attached hydrogen (secondary N) is 1. The van der Waals surface area contributed by atoms with Crippen LogP contribution in [0.25, 0.3) is 0 Å². The van der Waals surface area contributed by atoms with E-state index in [-0.39, 0.29) is 29.6 Å². The van der Waals surface area contributed by atoms with Crippen molar-refractivity contribution in [2.45, 2.75) is 46.2 Å². The van der Waals surface area contributed by atoms with Crippen LogP contribution in [0.15, 0.2) is 24.3 Å². The van der Waals surface area contributed by atoms with E-state index in [9.17, 15) is 9.59 Å². The molecule has 1 aliphatic heterocycles. The monoisotopic (exact) mass is 339 g/mol. The predicted molar refractivity (Wildman–Crippen MR) is 94.6 cm³/mol. The van der Waals surface area contributed by atoms with Gasteiger partial charge in [-0.2, -0.15) is 0 Å². The molecule has 0 unspecified atom stereocenters. The lowest BCUT2D eigenvalue weighted by Crippen LogP contribution is -2.48. The zero-order valence-electron chi connectivity index (χ0n) is 14.0. The summed E-state index contributed by atoms with van der Waals surface area (Å²) in [5.41, 5.74) is 7.58. The quantitative estimate of drug-likeness (QED) is 0.883. The van der Waals surface area contributed by atoms with Crippen LogP contribution < -0.4 is 16.0 Å². The summed E-state index contributed by atoms with van der Waals surface area (Å²) in [6.07, 6.45) is 1.55. The van der Waals surface area contributed by atoms with Crippen molar-refractivity contribution >= 4 is 29.9 Å². The van der Waals surface area contributed by atoms with Crippen molar-refractivity contribution in [3.63, 3.8) is 0 Å². The standard InChI is InChI=1S/C17H25N3O2.ClH/c1-17(2,3)15(18)16(22)19-11-12-6-8-13(9-7-12)20-10-4-5-14(20)21;/h6-9,15H,4-5,10-11,18H2,1-3H3,(H,19,22);1H/t15-;/m1./s1. The zero-order valence-corrected chi connectivity index (χ0v) is 14.8. The van der Waals surface area contributed by atoms with Crippen LogP contribution in [0.4, 0.5) is 5.69 Å². The Morgan fingerprint density at radius 2 is 1.91 bits per heavy atom. The fraction of sp³-hybridized carbons (Fsp3) is 0.529. The van der Waals surface area contributed by atoms with Gasteiger partial charge in [-0.15, -0.1) is 12.4 Å². The van der Waals surface area contributed by atoms with Gasteiger partial charge in [0, 0.05) is 25.2 Å². The van der Waals surface area contributed by atoms with E-state index in [1.165, 1.54) is 0 Å². The minimum atomic E-state index is -0.533. The summed E-state index contributed by atoms with van der Waals surface area (Å²) >= 11 is 0. The number of halogens is 1. The highest BCUT2D eigenvalue weighted by atomic mass is 35.5. The van der Waals surface area contributed by atoms with Gasteiger partial charge in [0.1, 0.15) is 0 Å². The van der Waals surface area contributed by atoms with Gasteiger partial charge in [0.05, 0.1) is 6.04 Å². The molecule has 1 atom stereocenters. The number of hydrogen-bond acceptors (Lipinski definition) is 3. The van der Waals surface area contributed by atoms with Crippen LogP contribution in [0.1, 0.15) is 39.2 Å². The first-order valence-electron chi connectivity index (χ1n) is 7.71. The number of amides is 2. The summed E-state index contributed by atoms with van der Waals surface area (Å²) < 4.78 is 0. The van der Waals surface area contributed by atoms with Gasteiger partial charge in [-0.05, 0) is 29.5 Å². The van der Waals surface area contributed by atoms with Crippen LogP contribution in [-0.4, -0.2) is 24.4 Å². The molecule has 0 spiro atoms. The third kappa shape index (κ3) is 4.94. The molecular weight excluding hydrogens is 314 g/mol. The van der Waals surface area contributed by atoms with E-state index in [0.29, 0.717) is 13.0 Å². The minimum Gasteiger partial charge on any atom is -0.351 e. The molecule has 128 valence electrons. The molecular formula is C17H26ClN3O2. The normalized spacial score (nSPS) is 16.0. The highest BCUT2D eigenvalue weighted by Gasteiger charge is 2.27. The molecule has 2 rings (SSSR count). The van der Waals surface area contributed by atoms with Crippen LogP contribution in [0, 0.1) is 5.41 Å². The molecule has 1 aromatic carbocycles. The van der Waals surface area contributed by atoms with Crippen molar-refractivity contribution in [1.82, 2.24) is 5.32 Å². The number of anilines is 1. The van der Waals surface area contributed by atoms with Crippen LogP contribution in [0.2, 0.25) is 0 Å². The number of nitrogens with two attached hydrogens (primary N) is 1. The Balaban J connectivity index is 0.00000264. The maximum absolute atomic E-state index is 12.0. The maximum atomic E-state index is 12.0. The molecule has 1 heterocycles. The average Bonchev–Trinajstić information content (AvgIpc) is 2.89. The number of hydrogen-bond donors (Lipinski definition) is 2. The molecule has 0 saturated carbocycles. The first-order chi connectivity index (χ1) is 10.3. The third-order valence-electron chi connectivity index (χ3n) is 4.00. The zero-order chi connectivity index (χ0) is 16.3. The summed E-state index contributed by atoms with van der Waals surface area (Å²) in [4.78, 5) is 25.5. The van der Waals surface area contributed by atoms with E-state index in [2.05, 4.69) is 5.32 Å². The van der Waals surface area contributed by atoms with Gasteiger partial charge in [-0.25, -0.2) is 0 Å². The molecule has 23 heavy (non-hydrogen) atoms. The molecule has 0 aliphatic carbocycles. The highest BCUT2D eigenvalue weighted by Crippen LogP contribution is 2.21. The van der Waals surface area contributed by atoms with Crippen molar-refractivity contribution < 1.29 is 9.59 Å². The summed E-state index contributed by atoms with van der Waals surface area (Å²) in [5.74, 6) is 0.0310. The molecule has 2 amide bonds. The van der Waals surface area contributed by atoms with E-state index in [1.54, 1.807) is 4.90 Å². The molecule has 0 aromatic heterocycles. The second-order valence-corrected chi connectivity index (χ2v) is 6.88. The first-order valence-corrected chi connectivity index (χ1v) is 7.71. The fourth-order valence-corrected chi connectivity index (χ4v) is 2.41. The predicted octanol–water partition coefficient (Wildman–Crippen LogP) is 2.22. The average molecular weight is 340 g/mol. The molecule has 1 fully saturated rings. The van der Waals surface area contributed by atoms with E-state index in [0.717, 1.165) is 24.2 Å². The van der Waals surface area contributed by atoms with E-state index < -0.39 is 6.04 Å². The molecule has 0 radical (unpaired) electrons. The van der Waals surface area contributed by atoms with Crippen LogP contribution in [-0.2, 0) is 16.1 Å². The van der Waals surface area contributed by atoms with Crippen molar-refractivity contribution in [3.05, 3.63) is 29.8 Å². The smallest absolute Gasteiger partial charge is 0.237 e. The Bertz CT molecular complexity index is 552. The Labute approximate surface area is 144 Å². The van der Waals surface area contributed by atoms with E-state index in [4.69, 9.17) is 5.73 Å². The van der Waals surface area contributed by atoms with Gasteiger partial charge >= 0.3 is 0 Å². The lowest BCUT2D eigenvalue weighted by Gasteiger charge is -2.25. The Morgan fingerprint density at radius 1 is 1.30 bits per heavy atom. The van der Waals surface area contributed by atoms with Crippen molar-refractivity contribution in [2.24, 2.45) is 11.1 Å². The number of carbonyl (C=O) groups is 2. The Hall–Kier alpha value is -1.59. The number of rotatable bonds is 4. The van der Waals surface area contributed by atoms with Crippen LogP contribution in [0.5, 0.6) is 0 Å². The SMILES string of the molecule is CC(C)(C)[C@H](N)C(=O)NCc1ccc(N2CCCC2=O)cc1.Cl.